The number of alkyl halides is 3. The van der Waals surface area contributed by atoms with Crippen molar-refractivity contribution in [1.29, 1.82) is 0 Å². The van der Waals surface area contributed by atoms with E-state index in [1.54, 1.807) is 30.3 Å². The maximum Gasteiger partial charge on any atom is 0.408 e. The first-order valence-electron chi connectivity index (χ1n) is 5.95. The monoisotopic (exact) mass is 289 g/mol. The van der Waals surface area contributed by atoms with Gasteiger partial charge >= 0.3 is 12.3 Å². The maximum atomic E-state index is 12.5. The molecule has 1 rings (SSSR count). The molecule has 1 unspecified atom stereocenters. The van der Waals surface area contributed by atoms with Crippen molar-refractivity contribution < 1.29 is 27.9 Å². The molecular weight excluding hydrogens is 275 g/mol. The highest BCUT2D eigenvalue weighted by atomic mass is 19.4. The molecule has 2 N–H and O–H groups in total. The lowest BCUT2D eigenvalue weighted by atomic mass is 10.0. The zero-order chi connectivity index (χ0) is 15.2. The van der Waals surface area contributed by atoms with Crippen molar-refractivity contribution in [2.24, 2.45) is 0 Å². The van der Waals surface area contributed by atoms with Gasteiger partial charge in [0.1, 0.15) is 6.04 Å². The second-order valence-electron chi connectivity index (χ2n) is 4.23. The molecule has 0 aliphatic carbocycles. The number of nitrogens with one attached hydrogen (secondary N) is 1. The van der Waals surface area contributed by atoms with Crippen LogP contribution in [0.2, 0.25) is 0 Å². The van der Waals surface area contributed by atoms with Crippen molar-refractivity contribution in [2.45, 2.75) is 31.5 Å². The molecule has 0 aliphatic heterocycles. The Morgan fingerprint density at radius 3 is 2.30 bits per heavy atom. The molecule has 110 valence electrons. The quantitative estimate of drug-likeness (QED) is 0.790. The van der Waals surface area contributed by atoms with Crippen molar-refractivity contribution in [3.8, 4) is 0 Å². The van der Waals surface area contributed by atoms with Crippen LogP contribution in [0, 0.1) is 0 Å². The van der Waals surface area contributed by atoms with Crippen LogP contribution in [0.15, 0.2) is 30.3 Å². The zero-order valence-electron chi connectivity index (χ0n) is 10.5. The molecule has 0 spiro atoms. The van der Waals surface area contributed by atoms with Gasteiger partial charge in [-0.3, -0.25) is 4.79 Å². The molecule has 20 heavy (non-hydrogen) atoms. The molecule has 0 aromatic heterocycles. The Morgan fingerprint density at radius 1 is 1.20 bits per heavy atom. The summed E-state index contributed by atoms with van der Waals surface area (Å²) in [6, 6.07) is 6.07. The van der Waals surface area contributed by atoms with Crippen LogP contribution in [0.1, 0.15) is 29.6 Å². The summed E-state index contributed by atoms with van der Waals surface area (Å²) in [7, 11) is 0. The van der Waals surface area contributed by atoms with Gasteiger partial charge in [0.05, 0.1) is 0 Å². The number of hydrogen-bond donors (Lipinski definition) is 2. The van der Waals surface area contributed by atoms with Crippen LogP contribution < -0.4 is 5.32 Å². The van der Waals surface area contributed by atoms with Crippen molar-refractivity contribution in [1.82, 2.24) is 5.32 Å². The van der Waals surface area contributed by atoms with Gasteiger partial charge < -0.3 is 10.4 Å². The first-order valence-corrected chi connectivity index (χ1v) is 5.95. The summed E-state index contributed by atoms with van der Waals surface area (Å²) < 4.78 is 37.6. The molecule has 7 heteroatoms. The van der Waals surface area contributed by atoms with Gasteiger partial charge in [-0.1, -0.05) is 30.3 Å². The van der Waals surface area contributed by atoms with Gasteiger partial charge in [0.15, 0.2) is 5.78 Å². The van der Waals surface area contributed by atoms with E-state index in [0.29, 0.717) is 5.56 Å². The highest BCUT2D eigenvalue weighted by Crippen LogP contribution is 2.24. The first-order chi connectivity index (χ1) is 9.30. The van der Waals surface area contributed by atoms with E-state index in [-0.39, 0.29) is 18.6 Å². The largest absolute Gasteiger partial charge is 0.465 e. The van der Waals surface area contributed by atoms with E-state index in [4.69, 9.17) is 5.11 Å². The molecule has 1 aromatic rings. The number of carbonyl (C=O) groups is 2. The zero-order valence-corrected chi connectivity index (χ0v) is 10.5. The van der Waals surface area contributed by atoms with Crippen LogP contribution in [0.25, 0.3) is 0 Å². The van der Waals surface area contributed by atoms with Crippen LogP contribution in [0.4, 0.5) is 18.0 Å². The number of carbonyl (C=O) groups excluding carboxylic acids is 1. The van der Waals surface area contributed by atoms with E-state index < -0.39 is 24.7 Å². The summed E-state index contributed by atoms with van der Waals surface area (Å²) in [6.45, 7) is 0. The van der Waals surface area contributed by atoms with Gasteiger partial charge in [0.25, 0.3) is 0 Å². The SMILES string of the molecule is O=C(O)NC(CCCC(=O)c1ccccc1)C(F)(F)F. The van der Waals surface area contributed by atoms with Crippen LogP contribution in [-0.2, 0) is 0 Å². The lowest BCUT2D eigenvalue weighted by Crippen LogP contribution is -2.44. The number of ketones is 1. The lowest BCUT2D eigenvalue weighted by molar-refractivity contribution is -0.155. The van der Waals surface area contributed by atoms with E-state index in [1.807, 2.05) is 0 Å². The number of hydrogen-bond acceptors (Lipinski definition) is 2. The number of benzene rings is 1. The number of rotatable bonds is 6. The van der Waals surface area contributed by atoms with Crippen LogP contribution in [-0.4, -0.2) is 29.2 Å². The Balaban J connectivity index is 2.49. The van der Waals surface area contributed by atoms with Crippen LogP contribution >= 0.6 is 0 Å². The van der Waals surface area contributed by atoms with Gasteiger partial charge in [-0.25, -0.2) is 4.79 Å². The Morgan fingerprint density at radius 2 is 1.80 bits per heavy atom. The highest BCUT2D eigenvalue weighted by Gasteiger charge is 2.40. The highest BCUT2D eigenvalue weighted by molar-refractivity contribution is 5.95. The van der Waals surface area contributed by atoms with Gasteiger partial charge in [0.2, 0.25) is 0 Å². The summed E-state index contributed by atoms with van der Waals surface area (Å²) in [5.41, 5.74) is 0.433. The average Bonchev–Trinajstić information content (AvgIpc) is 2.37. The van der Waals surface area contributed by atoms with Crippen molar-refractivity contribution in [3.63, 3.8) is 0 Å². The molecular formula is C13H14F3NO3. The van der Waals surface area contributed by atoms with Crippen molar-refractivity contribution in [3.05, 3.63) is 35.9 Å². The van der Waals surface area contributed by atoms with Gasteiger partial charge in [-0.05, 0) is 12.8 Å². The van der Waals surface area contributed by atoms with Gasteiger partial charge in [-0.2, -0.15) is 13.2 Å². The Bertz CT molecular complexity index is 460. The third-order valence-corrected chi connectivity index (χ3v) is 2.69. The summed E-state index contributed by atoms with van der Waals surface area (Å²) in [6.07, 6.45) is -6.96. The number of halogens is 3. The minimum absolute atomic E-state index is 0.0435. The minimum atomic E-state index is -4.66. The van der Waals surface area contributed by atoms with E-state index in [0.717, 1.165) is 0 Å². The molecule has 1 aromatic carbocycles. The molecule has 4 nitrogen and oxygen atoms in total. The number of Topliss-reactive ketones (excluding diaryl/α,β-unsaturated/α-hetero) is 1. The third-order valence-electron chi connectivity index (χ3n) is 2.69. The normalized spacial score (nSPS) is 12.8. The molecule has 1 atom stereocenters. The standard InChI is InChI=1S/C13H14F3NO3/c14-13(15,16)11(17-12(19)20)8-4-7-10(18)9-5-2-1-3-6-9/h1-3,5-6,11,17H,4,7-8H2,(H,19,20). The molecule has 0 radical (unpaired) electrons. The Labute approximate surface area is 113 Å². The maximum absolute atomic E-state index is 12.5. The molecule has 0 bridgehead atoms. The van der Waals surface area contributed by atoms with E-state index >= 15 is 0 Å². The lowest BCUT2D eigenvalue weighted by Gasteiger charge is -2.19. The second kappa shape index (κ2) is 6.93. The van der Waals surface area contributed by atoms with E-state index in [1.165, 1.54) is 5.32 Å². The molecule has 0 saturated carbocycles. The summed E-state index contributed by atoms with van der Waals surface area (Å²) in [5, 5.41) is 9.77. The third kappa shape index (κ3) is 5.29. The summed E-state index contributed by atoms with van der Waals surface area (Å²) in [5.74, 6) is -0.262. The fourth-order valence-electron chi connectivity index (χ4n) is 1.70. The Hall–Kier alpha value is -2.05. The molecule has 0 fully saturated rings. The average molecular weight is 289 g/mol. The summed E-state index contributed by atoms with van der Waals surface area (Å²) >= 11 is 0. The van der Waals surface area contributed by atoms with Gasteiger partial charge in [-0.15, -0.1) is 0 Å². The fourth-order valence-corrected chi connectivity index (χ4v) is 1.70. The van der Waals surface area contributed by atoms with Crippen molar-refractivity contribution in [2.75, 3.05) is 0 Å². The molecule has 0 aliphatic rings. The van der Waals surface area contributed by atoms with Crippen molar-refractivity contribution >= 4 is 11.9 Å². The fraction of sp³-hybridized carbons (Fsp3) is 0.385. The Kier molecular flexibility index (Phi) is 5.54. The molecule has 0 heterocycles. The van der Waals surface area contributed by atoms with E-state index in [9.17, 15) is 22.8 Å². The first kappa shape index (κ1) is 16.0. The van der Waals surface area contributed by atoms with Crippen LogP contribution in [0.3, 0.4) is 0 Å². The number of amides is 1. The predicted molar refractivity (Wildman–Crippen MR) is 65.6 cm³/mol. The topological polar surface area (TPSA) is 66.4 Å². The minimum Gasteiger partial charge on any atom is -0.465 e. The molecule has 1 amide bonds. The smallest absolute Gasteiger partial charge is 0.408 e. The molecule has 0 saturated heterocycles. The predicted octanol–water partition coefficient (Wildman–Crippen LogP) is 3.24. The van der Waals surface area contributed by atoms with Crippen LogP contribution in [0.5, 0.6) is 0 Å². The number of carboxylic acid groups (broad SMARTS) is 1. The van der Waals surface area contributed by atoms with Gasteiger partial charge in [0, 0.05) is 12.0 Å². The summed E-state index contributed by atoms with van der Waals surface area (Å²) in [4.78, 5) is 22.0. The van der Waals surface area contributed by atoms with E-state index in [2.05, 4.69) is 0 Å². The second-order valence-corrected chi connectivity index (χ2v) is 4.23.